The van der Waals surface area contributed by atoms with E-state index in [1.807, 2.05) is 24.4 Å². The summed E-state index contributed by atoms with van der Waals surface area (Å²) >= 11 is 0. The van der Waals surface area contributed by atoms with Crippen LogP contribution in [0.15, 0.2) is 65.8 Å². The number of aliphatic imine (C=N–C) groups is 1. The minimum atomic E-state index is -0.708. The van der Waals surface area contributed by atoms with Crippen molar-refractivity contribution in [1.29, 1.82) is 0 Å². The number of benzene rings is 2. The van der Waals surface area contributed by atoms with Crippen molar-refractivity contribution in [3.63, 3.8) is 0 Å². The predicted octanol–water partition coefficient (Wildman–Crippen LogP) is 3.49. The van der Waals surface area contributed by atoms with Gasteiger partial charge in [0, 0.05) is 13.0 Å². The van der Waals surface area contributed by atoms with Crippen molar-refractivity contribution < 1.29 is 9.50 Å². The molecule has 0 amide bonds. The molecule has 1 aliphatic heterocycles. The second-order valence-electron chi connectivity index (χ2n) is 6.74. The summed E-state index contributed by atoms with van der Waals surface area (Å²) in [4.78, 5) is 4.65. The molecule has 4 nitrogen and oxygen atoms in total. The molecule has 0 radical (unpaired) electrons. The summed E-state index contributed by atoms with van der Waals surface area (Å²) in [5.41, 5.74) is 4.00. The van der Waals surface area contributed by atoms with Gasteiger partial charge in [0.05, 0.1) is 23.7 Å². The van der Waals surface area contributed by atoms with Crippen molar-refractivity contribution in [3.8, 4) is 0 Å². The molecule has 3 N–H and O–H groups in total. The fourth-order valence-corrected chi connectivity index (χ4v) is 3.16. The van der Waals surface area contributed by atoms with Crippen molar-refractivity contribution in [3.05, 3.63) is 77.7 Å². The van der Waals surface area contributed by atoms with Crippen LogP contribution in [0.2, 0.25) is 0 Å². The number of rotatable bonds is 8. The van der Waals surface area contributed by atoms with E-state index in [-0.39, 0.29) is 11.9 Å². The van der Waals surface area contributed by atoms with Gasteiger partial charge in [0.1, 0.15) is 12.0 Å². The summed E-state index contributed by atoms with van der Waals surface area (Å²) in [6.45, 7) is 2.65. The Labute approximate surface area is 159 Å². The lowest BCUT2D eigenvalue weighted by Crippen LogP contribution is -2.45. The molecule has 2 aromatic rings. The van der Waals surface area contributed by atoms with Crippen LogP contribution < -0.4 is 10.6 Å². The first-order valence-corrected chi connectivity index (χ1v) is 9.40. The molecule has 0 bridgehead atoms. The van der Waals surface area contributed by atoms with Crippen LogP contribution in [-0.2, 0) is 6.42 Å². The Hall–Kier alpha value is -2.50. The molecule has 27 heavy (non-hydrogen) atoms. The van der Waals surface area contributed by atoms with Crippen molar-refractivity contribution in [2.45, 2.75) is 38.5 Å². The van der Waals surface area contributed by atoms with E-state index >= 15 is 0 Å². The summed E-state index contributed by atoms with van der Waals surface area (Å²) in [7, 11) is 0. The number of nitrogens with one attached hydrogen (secondary N) is 2. The fourth-order valence-electron chi connectivity index (χ4n) is 3.16. The van der Waals surface area contributed by atoms with Crippen LogP contribution in [0.25, 0.3) is 5.70 Å². The maximum Gasteiger partial charge on any atom is 0.123 e. The third kappa shape index (κ3) is 5.49. The van der Waals surface area contributed by atoms with Crippen LogP contribution in [0.3, 0.4) is 0 Å². The number of hydrogen-bond donors (Lipinski definition) is 3. The van der Waals surface area contributed by atoms with Crippen molar-refractivity contribution in [2.75, 3.05) is 6.54 Å². The highest BCUT2D eigenvalue weighted by Gasteiger charge is 2.20. The zero-order chi connectivity index (χ0) is 19.1. The van der Waals surface area contributed by atoms with Gasteiger partial charge in [0.15, 0.2) is 0 Å². The average molecular weight is 367 g/mol. The lowest BCUT2D eigenvalue weighted by atomic mass is 10.0. The van der Waals surface area contributed by atoms with E-state index in [4.69, 9.17) is 0 Å². The molecule has 142 valence electrons. The summed E-state index contributed by atoms with van der Waals surface area (Å²) in [6, 6.07) is 16.5. The van der Waals surface area contributed by atoms with Crippen LogP contribution in [0.5, 0.6) is 0 Å². The number of nitrogens with zero attached hydrogens (tertiary/aromatic N) is 1. The molecule has 2 aromatic carbocycles. The van der Waals surface area contributed by atoms with Gasteiger partial charge >= 0.3 is 0 Å². The van der Waals surface area contributed by atoms with Gasteiger partial charge in [-0.3, -0.25) is 10.3 Å². The zero-order valence-corrected chi connectivity index (χ0v) is 15.5. The molecule has 0 fully saturated rings. The Morgan fingerprint density at radius 2 is 1.89 bits per heavy atom. The SMILES string of the molecule is CCCC1NC(c2ccccc2)=CN=C1CNC(O)Cc1ccc(F)cc1. The molecule has 2 unspecified atom stereocenters. The molecular weight excluding hydrogens is 341 g/mol. The quantitative estimate of drug-likeness (QED) is 0.626. The van der Waals surface area contributed by atoms with Gasteiger partial charge in [-0.15, -0.1) is 0 Å². The van der Waals surface area contributed by atoms with Crippen LogP contribution >= 0.6 is 0 Å². The second-order valence-corrected chi connectivity index (χ2v) is 6.74. The van der Waals surface area contributed by atoms with E-state index in [1.54, 1.807) is 12.1 Å². The highest BCUT2D eigenvalue weighted by molar-refractivity contribution is 5.95. The standard InChI is InChI=1S/C22H26FN3O/c1-2-6-19-21(24-14-20(26-19)17-7-4-3-5-8-17)15-25-22(27)13-16-9-11-18(23)12-10-16/h3-5,7-12,14,19,22,25-27H,2,6,13,15H2,1H3. The van der Waals surface area contributed by atoms with Crippen LogP contribution in [0.1, 0.15) is 30.9 Å². The third-order valence-corrected chi connectivity index (χ3v) is 4.61. The van der Waals surface area contributed by atoms with E-state index in [2.05, 4.69) is 34.7 Å². The molecule has 2 atom stereocenters. The number of aliphatic hydroxyl groups is 1. The molecule has 0 aliphatic carbocycles. The Balaban J connectivity index is 1.62. The maximum absolute atomic E-state index is 13.0. The van der Waals surface area contributed by atoms with Gasteiger partial charge in [-0.05, 0) is 29.7 Å². The molecule has 1 heterocycles. The fraction of sp³-hybridized carbons (Fsp3) is 0.318. The normalized spacial score (nSPS) is 17.7. The minimum Gasteiger partial charge on any atom is -0.378 e. The highest BCUT2D eigenvalue weighted by atomic mass is 19.1. The Morgan fingerprint density at radius 1 is 1.15 bits per heavy atom. The zero-order valence-electron chi connectivity index (χ0n) is 15.5. The number of hydrogen-bond acceptors (Lipinski definition) is 4. The molecule has 0 aromatic heterocycles. The number of aliphatic hydroxyl groups excluding tert-OH is 1. The Kier molecular flexibility index (Phi) is 6.74. The second kappa shape index (κ2) is 9.44. The lowest BCUT2D eigenvalue weighted by Gasteiger charge is -2.27. The monoisotopic (exact) mass is 367 g/mol. The highest BCUT2D eigenvalue weighted by Crippen LogP contribution is 2.18. The summed E-state index contributed by atoms with van der Waals surface area (Å²) in [5, 5.41) is 16.9. The smallest absolute Gasteiger partial charge is 0.123 e. The largest absolute Gasteiger partial charge is 0.378 e. The number of halogens is 1. The third-order valence-electron chi connectivity index (χ3n) is 4.61. The molecule has 0 saturated carbocycles. The van der Waals surface area contributed by atoms with Gasteiger partial charge < -0.3 is 10.4 Å². The van der Waals surface area contributed by atoms with Gasteiger partial charge in [-0.1, -0.05) is 55.8 Å². The van der Waals surface area contributed by atoms with Crippen LogP contribution in [0.4, 0.5) is 4.39 Å². The van der Waals surface area contributed by atoms with E-state index in [9.17, 15) is 9.50 Å². The minimum absolute atomic E-state index is 0.140. The topological polar surface area (TPSA) is 56.7 Å². The molecule has 3 rings (SSSR count). The molecular formula is C22H26FN3O. The van der Waals surface area contributed by atoms with Crippen LogP contribution in [-0.4, -0.2) is 29.6 Å². The Morgan fingerprint density at radius 3 is 2.59 bits per heavy atom. The molecule has 0 spiro atoms. The van der Waals surface area contributed by atoms with Crippen LogP contribution in [0, 0.1) is 5.82 Å². The average Bonchev–Trinajstić information content (AvgIpc) is 2.70. The first-order valence-electron chi connectivity index (χ1n) is 9.40. The molecule has 5 heteroatoms. The summed E-state index contributed by atoms with van der Waals surface area (Å²) < 4.78 is 13.0. The first-order chi connectivity index (χ1) is 13.2. The summed E-state index contributed by atoms with van der Waals surface area (Å²) in [5.74, 6) is -0.271. The lowest BCUT2D eigenvalue weighted by molar-refractivity contribution is 0.143. The summed E-state index contributed by atoms with van der Waals surface area (Å²) in [6.07, 6.45) is 3.57. The van der Waals surface area contributed by atoms with E-state index in [0.29, 0.717) is 13.0 Å². The van der Waals surface area contributed by atoms with E-state index in [0.717, 1.165) is 35.4 Å². The van der Waals surface area contributed by atoms with Crippen molar-refractivity contribution >= 4 is 11.4 Å². The molecule has 0 saturated heterocycles. The molecule has 1 aliphatic rings. The van der Waals surface area contributed by atoms with Crippen molar-refractivity contribution in [2.24, 2.45) is 4.99 Å². The first kappa shape index (κ1) is 19.3. The van der Waals surface area contributed by atoms with Gasteiger partial charge in [-0.25, -0.2) is 4.39 Å². The van der Waals surface area contributed by atoms with Gasteiger partial charge in [0.2, 0.25) is 0 Å². The van der Waals surface area contributed by atoms with Gasteiger partial charge in [-0.2, -0.15) is 0 Å². The van der Waals surface area contributed by atoms with Crippen molar-refractivity contribution in [1.82, 2.24) is 10.6 Å². The van der Waals surface area contributed by atoms with E-state index < -0.39 is 6.23 Å². The Bertz CT molecular complexity index is 787. The van der Waals surface area contributed by atoms with E-state index in [1.165, 1.54) is 12.1 Å². The maximum atomic E-state index is 13.0. The van der Waals surface area contributed by atoms with Gasteiger partial charge in [0.25, 0.3) is 0 Å². The predicted molar refractivity (Wildman–Crippen MR) is 108 cm³/mol.